The zero-order chi connectivity index (χ0) is 16.1. The maximum absolute atomic E-state index is 14.2. The van der Waals surface area contributed by atoms with E-state index in [9.17, 15) is 13.2 Å². The summed E-state index contributed by atoms with van der Waals surface area (Å²) in [4.78, 5) is 1.23. The average molecular weight is 393 g/mol. The number of allylic oxidation sites excluding steroid dienone is 3. The molecule has 0 saturated heterocycles. The molecule has 0 fully saturated rings. The Morgan fingerprint density at radius 3 is 2.74 bits per heavy atom. The average Bonchev–Trinajstić information content (AvgIpc) is 2.47. The van der Waals surface area contributed by atoms with Crippen LogP contribution in [0.3, 0.4) is 0 Å². The third-order valence-electron chi connectivity index (χ3n) is 2.95. The largest absolute Gasteiger partial charge is 0.481 e. The van der Waals surface area contributed by atoms with E-state index in [-0.39, 0.29) is 56.3 Å². The van der Waals surface area contributed by atoms with Gasteiger partial charge in [0.1, 0.15) is 12.4 Å². The Bertz CT molecular complexity index is 677. The van der Waals surface area contributed by atoms with E-state index in [2.05, 4.69) is 18.6 Å². The molecule has 1 radical (unpaired) electrons. The molecule has 1 heterocycles. The molecule has 0 unspecified atom stereocenters. The van der Waals surface area contributed by atoms with E-state index < -0.39 is 18.8 Å². The van der Waals surface area contributed by atoms with Gasteiger partial charge in [0.25, 0.3) is 6.43 Å². The maximum Gasteiger partial charge on any atom is 0.256 e. The second kappa shape index (κ2) is 8.95. The van der Waals surface area contributed by atoms with Crippen molar-refractivity contribution in [3.63, 3.8) is 0 Å². The van der Waals surface area contributed by atoms with Gasteiger partial charge in [-0.1, -0.05) is 23.8 Å². The van der Waals surface area contributed by atoms with Crippen molar-refractivity contribution in [1.29, 1.82) is 0 Å². The second-order valence-corrected chi connectivity index (χ2v) is 4.45. The Labute approximate surface area is 158 Å². The third kappa shape index (κ3) is 4.99. The van der Waals surface area contributed by atoms with E-state index in [0.717, 1.165) is 6.07 Å². The molecule has 1 aromatic carbocycles. The molecule has 6 heteroatoms. The van der Waals surface area contributed by atoms with Gasteiger partial charge < -0.3 is 9.64 Å². The molecule has 0 spiro atoms. The monoisotopic (exact) mass is 393 g/mol. The molecule has 0 aromatic heterocycles. The summed E-state index contributed by atoms with van der Waals surface area (Å²) in [5, 5.41) is 0. The molecule has 117 valence electrons. The Morgan fingerprint density at radius 2 is 2.13 bits per heavy atom. The molecule has 2 nitrogen and oxygen atoms in total. The van der Waals surface area contributed by atoms with Gasteiger partial charge in [0.05, 0.1) is 12.4 Å². The summed E-state index contributed by atoms with van der Waals surface area (Å²) < 4.78 is 44.8. The number of alkyl halides is 2. The fourth-order valence-corrected chi connectivity index (χ4v) is 2.00. The normalized spacial score (nSPS) is 13.4. The molecule has 0 amide bonds. The van der Waals surface area contributed by atoms with E-state index in [4.69, 9.17) is 11.2 Å². The fraction of sp³-hybridized carbons (Fsp3) is 0.176. The van der Waals surface area contributed by atoms with E-state index >= 15 is 0 Å². The molecule has 0 bridgehead atoms. The standard InChI is InChI=1S/C17H13F3NO.Y/c1-3-9-22-13-7-8-14(15(18)10-13)16-6-4-5-12(2)21(16)11-17(19)20;/h1,4-5,7-8,10,17H,2,9,11H2;/q-1;. The minimum absolute atomic E-state index is 0. The van der Waals surface area contributed by atoms with Crippen molar-refractivity contribution in [1.82, 2.24) is 4.90 Å². The van der Waals surface area contributed by atoms with Crippen LogP contribution in [0.5, 0.6) is 5.75 Å². The number of rotatable bonds is 5. The molecule has 2 rings (SSSR count). The number of hydrogen-bond donors (Lipinski definition) is 0. The molecular formula is C17H13F3NOY-. The zero-order valence-corrected chi connectivity index (χ0v) is 15.1. The van der Waals surface area contributed by atoms with E-state index in [1.165, 1.54) is 29.2 Å². The number of ether oxygens (including phenoxy) is 1. The molecule has 1 aromatic rings. The first kappa shape index (κ1) is 19.5. The molecule has 1 aliphatic heterocycles. The molecular weight excluding hydrogens is 380 g/mol. The summed E-state index contributed by atoms with van der Waals surface area (Å²) in [6, 6.07) is 4.11. The molecule has 0 atom stereocenters. The summed E-state index contributed by atoms with van der Waals surface area (Å²) in [5.41, 5.74) is 0.689. The van der Waals surface area contributed by atoms with Crippen LogP contribution in [0.15, 0.2) is 42.6 Å². The van der Waals surface area contributed by atoms with Crippen molar-refractivity contribution in [2.75, 3.05) is 13.2 Å². The summed E-state index contributed by atoms with van der Waals surface area (Å²) in [5.74, 6) is 1.93. The van der Waals surface area contributed by atoms with Crippen LogP contribution in [-0.4, -0.2) is 24.5 Å². The van der Waals surface area contributed by atoms with E-state index in [1.54, 1.807) is 0 Å². The predicted molar refractivity (Wildman–Crippen MR) is 78.4 cm³/mol. The van der Waals surface area contributed by atoms with Gasteiger partial charge in [-0.15, -0.1) is 18.6 Å². The quantitative estimate of drug-likeness (QED) is 0.560. The minimum Gasteiger partial charge on any atom is -0.481 e. The van der Waals surface area contributed by atoms with Gasteiger partial charge in [-0.3, -0.25) is 0 Å². The van der Waals surface area contributed by atoms with Gasteiger partial charge >= 0.3 is 0 Å². The van der Waals surface area contributed by atoms with Crippen LogP contribution in [0, 0.1) is 24.2 Å². The smallest absolute Gasteiger partial charge is 0.256 e. The van der Waals surface area contributed by atoms with E-state index in [0.29, 0.717) is 5.70 Å². The maximum atomic E-state index is 14.2. The van der Waals surface area contributed by atoms with Gasteiger partial charge in [-0.05, 0) is 11.8 Å². The van der Waals surface area contributed by atoms with E-state index in [1.807, 2.05) is 0 Å². The van der Waals surface area contributed by atoms with Crippen molar-refractivity contribution in [3.8, 4) is 18.1 Å². The van der Waals surface area contributed by atoms with Gasteiger partial charge in [-0.25, -0.2) is 13.2 Å². The molecule has 0 saturated carbocycles. The minimum atomic E-state index is -2.58. The Kier molecular flexibility index (Phi) is 7.61. The first-order chi connectivity index (χ1) is 10.5. The zero-order valence-electron chi connectivity index (χ0n) is 12.2. The topological polar surface area (TPSA) is 12.5 Å². The summed E-state index contributed by atoms with van der Waals surface area (Å²) in [7, 11) is 0. The Balaban J connectivity index is 0.00000264. The van der Waals surface area contributed by atoms with Crippen molar-refractivity contribution in [3.05, 3.63) is 60.1 Å². The van der Waals surface area contributed by atoms with Crippen molar-refractivity contribution in [2.24, 2.45) is 0 Å². The van der Waals surface area contributed by atoms with Crippen LogP contribution in [0.2, 0.25) is 0 Å². The Hall–Kier alpha value is -1.51. The molecule has 0 aliphatic carbocycles. The van der Waals surface area contributed by atoms with Gasteiger partial charge in [0.15, 0.2) is 0 Å². The number of benzene rings is 1. The van der Waals surface area contributed by atoms with Crippen LogP contribution in [-0.2, 0) is 32.7 Å². The second-order valence-electron chi connectivity index (χ2n) is 4.45. The molecule has 23 heavy (non-hydrogen) atoms. The number of halogens is 3. The van der Waals surface area contributed by atoms with Crippen molar-refractivity contribution >= 4 is 5.70 Å². The first-order valence-corrected chi connectivity index (χ1v) is 6.43. The fourth-order valence-electron chi connectivity index (χ4n) is 2.00. The SMILES string of the molecule is C#CCOc1ccc(C2=[C-]C=CC(=C)N2CC(F)F)c(F)c1.[Y]. The summed E-state index contributed by atoms with van der Waals surface area (Å²) in [6.45, 7) is 3.12. The number of hydrogen-bond acceptors (Lipinski definition) is 2. The Morgan fingerprint density at radius 1 is 1.39 bits per heavy atom. The van der Waals surface area contributed by atoms with Gasteiger partial charge in [-0.2, -0.15) is 12.2 Å². The summed E-state index contributed by atoms with van der Waals surface area (Å²) in [6.07, 6.45) is 8.31. The van der Waals surface area contributed by atoms with Gasteiger partial charge in [0, 0.05) is 38.8 Å². The van der Waals surface area contributed by atoms with Crippen LogP contribution in [0.1, 0.15) is 5.56 Å². The van der Waals surface area contributed by atoms with Crippen molar-refractivity contribution < 1.29 is 50.6 Å². The number of nitrogens with zero attached hydrogens (tertiary/aromatic N) is 1. The van der Waals surface area contributed by atoms with Crippen LogP contribution in [0.25, 0.3) is 5.70 Å². The molecule has 0 N–H and O–H groups in total. The van der Waals surface area contributed by atoms with Crippen LogP contribution < -0.4 is 4.74 Å². The predicted octanol–water partition coefficient (Wildman–Crippen LogP) is 3.63. The van der Waals surface area contributed by atoms with Crippen LogP contribution >= 0.6 is 0 Å². The first-order valence-electron chi connectivity index (χ1n) is 6.43. The van der Waals surface area contributed by atoms with Crippen LogP contribution in [0.4, 0.5) is 13.2 Å². The van der Waals surface area contributed by atoms with Gasteiger partial charge in [0.2, 0.25) is 0 Å². The third-order valence-corrected chi connectivity index (χ3v) is 2.95. The summed E-state index contributed by atoms with van der Waals surface area (Å²) >= 11 is 0. The number of terminal acetylenes is 1. The van der Waals surface area contributed by atoms with Crippen molar-refractivity contribution in [2.45, 2.75) is 6.43 Å². The molecule has 1 aliphatic rings.